The van der Waals surface area contributed by atoms with Gasteiger partial charge in [0.2, 0.25) is 0 Å². The summed E-state index contributed by atoms with van der Waals surface area (Å²) in [7, 11) is 0. The van der Waals surface area contributed by atoms with Gasteiger partial charge in [0.25, 0.3) is 0 Å². The molecule has 1 aromatic rings. The Bertz CT molecular complexity index is 607. The number of hydrogen-bond donors (Lipinski definition) is 0. The molecule has 0 aromatic heterocycles. The summed E-state index contributed by atoms with van der Waals surface area (Å²) < 4.78 is 6.01. The Morgan fingerprint density at radius 1 is 1.08 bits per heavy atom. The van der Waals surface area contributed by atoms with Gasteiger partial charge >= 0.3 is 0 Å². The van der Waals surface area contributed by atoms with Gasteiger partial charge in [0.15, 0.2) is 0 Å². The molecule has 0 unspecified atom stereocenters. The Morgan fingerprint density at radius 2 is 1.88 bits per heavy atom. The molecule has 0 radical (unpaired) electrons. The third kappa shape index (κ3) is 3.86. The Balaban J connectivity index is 1.32. The molecule has 3 heterocycles. The van der Waals surface area contributed by atoms with Crippen molar-refractivity contribution in [1.29, 1.82) is 0 Å². The minimum Gasteiger partial charge on any atom is -0.487 e. The molecule has 2 saturated heterocycles. The van der Waals surface area contributed by atoms with Crippen LogP contribution in [0.2, 0.25) is 0 Å². The fourth-order valence-corrected chi connectivity index (χ4v) is 4.72. The van der Waals surface area contributed by atoms with Gasteiger partial charge in [0.1, 0.15) is 11.4 Å². The van der Waals surface area contributed by atoms with E-state index in [9.17, 15) is 0 Å². The van der Waals surface area contributed by atoms with Crippen LogP contribution in [-0.2, 0) is 13.0 Å². The Morgan fingerprint density at radius 3 is 2.64 bits per heavy atom. The molecule has 138 valence electrons. The third-order valence-electron chi connectivity index (χ3n) is 6.15. The van der Waals surface area contributed by atoms with Crippen molar-refractivity contribution in [2.45, 2.75) is 51.8 Å². The van der Waals surface area contributed by atoms with Crippen molar-refractivity contribution in [3.8, 4) is 5.75 Å². The van der Waals surface area contributed by atoms with Gasteiger partial charge in [0, 0.05) is 58.3 Å². The van der Waals surface area contributed by atoms with E-state index in [1.165, 1.54) is 63.4 Å². The maximum atomic E-state index is 6.01. The number of likely N-dealkylation sites (tertiary alicyclic amines) is 1. The quantitative estimate of drug-likeness (QED) is 0.836. The SMILES string of the molecule is CCN1CCN([C@@H]2CCN(Cc3ccc4c(c3)CC(C)(C)O4)C2)CC1. The first-order chi connectivity index (χ1) is 12.0. The molecule has 3 aliphatic heterocycles. The average Bonchev–Trinajstić information content (AvgIpc) is 3.17. The van der Waals surface area contributed by atoms with E-state index in [1.54, 1.807) is 0 Å². The predicted octanol–water partition coefficient (Wildman–Crippen LogP) is 2.61. The van der Waals surface area contributed by atoms with Crippen LogP contribution in [0.3, 0.4) is 0 Å². The van der Waals surface area contributed by atoms with Crippen molar-refractivity contribution in [3.63, 3.8) is 0 Å². The van der Waals surface area contributed by atoms with Gasteiger partial charge < -0.3 is 9.64 Å². The summed E-state index contributed by atoms with van der Waals surface area (Å²) in [5.41, 5.74) is 2.78. The van der Waals surface area contributed by atoms with Gasteiger partial charge in [-0.15, -0.1) is 0 Å². The second-order valence-corrected chi connectivity index (χ2v) is 8.63. The molecule has 4 rings (SSSR count). The van der Waals surface area contributed by atoms with E-state index in [1.807, 2.05) is 0 Å². The van der Waals surface area contributed by atoms with E-state index >= 15 is 0 Å². The second-order valence-electron chi connectivity index (χ2n) is 8.63. The van der Waals surface area contributed by atoms with Crippen LogP contribution in [0.15, 0.2) is 18.2 Å². The van der Waals surface area contributed by atoms with Crippen LogP contribution in [0, 0.1) is 0 Å². The molecule has 0 amide bonds. The lowest BCUT2D eigenvalue weighted by Crippen LogP contribution is -2.50. The van der Waals surface area contributed by atoms with Crippen LogP contribution >= 0.6 is 0 Å². The first-order valence-electron chi connectivity index (χ1n) is 10.0. The zero-order valence-corrected chi connectivity index (χ0v) is 16.1. The van der Waals surface area contributed by atoms with Crippen LogP contribution in [0.5, 0.6) is 5.75 Å². The highest BCUT2D eigenvalue weighted by Crippen LogP contribution is 2.35. The van der Waals surface area contributed by atoms with Gasteiger partial charge in [-0.25, -0.2) is 0 Å². The molecule has 4 nitrogen and oxygen atoms in total. The lowest BCUT2D eigenvalue weighted by Gasteiger charge is -2.37. The predicted molar refractivity (Wildman–Crippen MR) is 102 cm³/mol. The van der Waals surface area contributed by atoms with Crippen LogP contribution < -0.4 is 4.74 Å². The normalized spacial score (nSPS) is 27.4. The Hall–Kier alpha value is -1.10. The maximum absolute atomic E-state index is 6.01. The largest absolute Gasteiger partial charge is 0.487 e. The molecule has 0 aliphatic carbocycles. The third-order valence-corrected chi connectivity index (χ3v) is 6.15. The van der Waals surface area contributed by atoms with Crippen molar-refractivity contribution in [3.05, 3.63) is 29.3 Å². The lowest BCUT2D eigenvalue weighted by atomic mass is 10.00. The number of piperazine rings is 1. The number of likely N-dealkylation sites (N-methyl/N-ethyl adjacent to an activating group) is 1. The molecule has 1 atom stereocenters. The van der Waals surface area contributed by atoms with Crippen LogP contribution in [-0.4, -0.2) is 72.2 Å². The van der Waals surface area contributed by atoms with E-state index in [0.29, 0.717) is 0 Å². The van der Waals surface area contributed by atoms with E-state index < -0.39 is 0 Å². The Labute approximate surface area is 152 Å². The molecule has 1 aromatic carbocycles. The summed E-state index contributed by atoms with van der Waals surface area (Å²) in [6.07, 6.45) is 2.35. The van der Waals surface area contributed by atoms with Crippen LogP contribution in [0.4, 0.5) is 0 Å². The summed E-state index contributed by atoms with van der Waals surface area (Å²) >= 11 is 0. The fourth-order valence-electron chi connectivity index (χ4n) is 4.72. The minimum atomic E-state index is -0.0413. The van der Waals surface area contributed by atoms with Crippen molar-refractivity contribution in [2.24, 2.45) is 0 Å². The second kappa shape index (κ2) is 6.90. The van der Waals surface area contributed by atoms with Crippen molar-refractivity contribution >= 4 is 0 Å². The van der Waals surface area contributed by atoms with E-state index in [4.69, 9.17) is 4.74 Å². The number of ether oxygens (including phenoxy) is 1. The number of benzene rings is 1. The monoisotopic (exact) mass is 343 g/mol. The van der Waals surface area contributed by atoms with Crippen LogP contribution in [0.1, 0.15) is 38.3 Å². The zero-order chi connectivity index (χ0) is 17.4. The first-order valence-corrected chi connectivity index (χ1v) is 10.0. The maximum Gasteiger partial charge on any atom is 0.123 e. The summed E-state index contributed by atoms with van der Waals surface area (Å²) in [4.78, 5) is 7.93. The summed E-state index contributed by atoms with van der Waals surface area (Å²) in [6, 6.07) is 7.57. The van der Waals surface area contributed by atoms with Gasteiger partial charge in [-0.2, -0.15) is 0 Å². The molecular formula is C21H33N3O. The van der Waals surface area contributed by atoms with Crippen molar-refractivity contribution in [2.75, 3.05) is 45.8 Å². The summed E-state index contributed by atoms with van der Waals surface area (Å²) in [5, 5.41) is 0. The molecule has 2 fully saturated rings. The first kappa shape index (κ1) is 17.3. The van der Waals surface area contributed by atoms with E-state index in [2.05, 4.69) is 53.7 Å². The minimum absolute atomic E-state index is 0.0413. The number of fused-ring (bicyclic) bond motifs is 1. The number of nitrogens with zero attached hydrogens (tertiary/aromatic N) is 3. The zero-order valence-electron chi connectivity index (χ0n) is 16.1. The highest BCUT2D eigenvalue weighted by Gasteiger charge is 2.31. The number of rotatable bonds is 4. The fraction of sp³-hybridized carbons (Fsp3) is 0.714. The highest BCUT2D eigenvalue weighted by atomic mass is 16.5. The standard InChI is InChI=1S/C21H33N3O/c1-4-22-9-11-24(12-10-22)19-7-8-23(16-19)15-17-5-6-20-18(13-17)14-21(2,3)25-20/h5-6,13,19H,4,7-12,14-16H2,1-3H3/t19-/m1/s1. The van der Waals surface area contributed by atoms with Gasteiger partial charge in [-0.1, -0.05) is 19.1 Å². The molecule has 0 saturated carbocycles. The highest BCUT2D eigenvalue weighted by molar-refractivity contribution is 5.41. The molecule has 0 spiro atoms. The Kier molecular flexibility index (Phi) is 4.78. The molecule has 3 aliphatic rings. The van der Waals surface area contributed by atoms with Crippen molar-refractivity contribution in [1.82, 2.24) is 14.7 Å². The smallest absolute Gasteiger partial charge is 0.123 e. The lowest BCUT2D eigenvalue weighted by molar-refractivity contribution is 0.101. The molecule has 0 bridgehead atoms. The topological polar surface area (TPSA) is 19.0 Å². The molecule has 0 N–H and O–H groups in total. The molecule has 25 heavy (non-hydrogen) atoms. The number of hydrogen-bond acceptors (Lipinski definition) is 4. The molecular weight excluding hydrogens is 310 g/mol. The average molecular weight is 344 g/mol. The van der Waals surface area contributed by atoms with Gasteiger partial charge in [0.05, 0.1) is 0 Å². The van der Waals surface area contributed by atoms with Gasteiger partial charge in [-0.3, -0.25) is 9.80 Å². The van der Waals surface area contributed by atoms with Crippen molar-refractivity contribution < 1.29 is 4.74 Å². The molecule has 4 heteroatoms. The van der Waals surface area contributed by atoms with E-state index in [0.717, 1.165) is 24.8 Å². The van der Waals surface area contributed by atoms with Gasteiger partial charge in [-0.05, 0) is 44.0 Å². The van der Waals surface area contributed by atoms with Crippen LogP contribution in [0.25, 0.3) is 0 Å². The van der Waals surface area contributed by atoms with E-state index in [-0.39, 0.29) is 5.60 Å². The summed E-state index contributed by atoms with van der Waals surface area (Å²) in [6.45, 7) is 16.4. The summed E-state index contributed by atoms with van der Waals surface area (Å²) in [5.74, 6) is 1.09.